The van der Waals surface area contributed by atoms with Gasteiger partial charge in [0, 0.05) is 10.8 Å². The zero-order valence-corrected chi connectivity index (χ0v) is 22.1. The van der Waals surface area contributed by atoms with E-state index in [1.807, 2.05) is 0 Å². The Morgan fingerprint density at radius 1 is 0.543 bits per heavy atom. The molecule has 0 aliphatic carbocycles. The van der Waals surface area contributed by atoms with E-state index in [1.165, 1.54) is 79.7 Å². The summed E-state index contributed by atoms with van der Waals surface area (Å²) >= 11 is 0. The molecule has 0 N–H and O–H groups in total. The molecule has 0 atom stereocenters. The zero-order chi connectivity index (χ0) is 24.5. The number of pyridine rings is 2. The number of aryl methyl sites for hydroxylation is 2. The lowest BCUT2D eigenvalue weighted by atomic mass is 9.88. The SMILES string of the molecule is CCCCCc1c(-c2ccc3ccccc3n2)nc2cccc(CCCCC)c2c1CCCCC. The van der Waals surface area contributed by atoms with Crippen molar-refractivity contribution in [2.45, 2.75) is 97.8 Å². The van der Waals surface area contributed by atoms with Gasteiger partial charge >= 0.3 is 0 Å². The first-order chi connectivity index (χ1) is 17.3. The van der Waals surface area contributed by atoms with Crippen molar-refractivity contribution in [2.75, 3.05) is 0 Å². The molecule has 0 aliphatic heterocycles. The first kappa shape index (κ1) is 25.4. The molecule has 0 amide bonds. The first-order valence-electron chi connectivity index (χ1n) is 14.1. The lowest BCUT2D eigenvalue weighted by Crippen LogP contribution is -2.06. The van der Waals surface area contributed by atoms with Gasteiger partial charge in [-0.3, -0.25) is 0 Å². The topological polar surface area (TPSA) is 25.8 Å². The van der Waals surface area contributed by atoms with Crippen LogP contribution in [0, 0.1) is 0 Å². The molecule has 0 fully saturated rings. The van der Waals surface area contributed by atoms with Crippen molar-refractivity contribution in [3.63, 3.8) is 0 Å². The molecule has 4 aromatic rings. The second-order valence-electron chi connectivity index (χ2n) is 9.99. The van der Waals surface area contributed by atoms with Crippen molar-refractivity contribution >= 4 is 21.8 Å². The van der Waals surface area contributed by atoms with Gasteiger partial charge in [0.05, 0.1) is 22.4 Å². The van der Waals surface area contributed by atoms with Gasteiger partial charge in [-0.1, -0.05) is 95.7 Å². The molecular formula is C33H42N2. The maximum Gasteiger partial charge on any atom is 0.0928 e. The molecule has 0 radical (unpaired) electrons. The van der Waals surface area contributed by atoms with Gasteiger partial charge in [0.25, 0.3) is 0 Å². The fourth-order valence-corrected chi connectivity index (χ4v) is 5.34. The van der Waals surface area contributed by atoms with E-state index in [2.05, 4.69) is 75.4 Å². The minimum absolute atomic E-state index is 1.02. The molecule has 2 aromatic heterocycles. The van der Waals surface area contributed by atoms with Crippen LogP contribution >= 0.6 is 0 Å². The fourth-order valence-electron chi connectivity index (χ4n) is 5.34. The highest BCUT2D eigenvalue weighted by atomic mass is 14.8. The van der Waals surface area contributed by atoms with Crippen molar-refractivity contribution in [1.82, 2.24) is 9.97 Å². The molecule has 2 aromatic carbocycles. The molecule has 2 nitrogen and oxygen atoms in total. The standard InChI is InChI=1S/C33H42N2/c1-4-7-10-17-26-18-15-22-30-32(26)27(19-11-8-5-2)28(20-12-9-6-3)33(35-30)31-24-23-25-16-13-14-21-29(25)34-31/h13-16,18,21-24H,4-12,17,19-20H2,1-3H3. The van der Waals surface area contributed by atoms with Gasteiger partial charge in [-0.05, 0) is 73.4 Å². The molecule has 184 valence electrons. The molecule has 35 heavy (non-hydrogen) atoms. The van der Waals surface area contributed by atoms with Crippen molar-refractivity contribution < 1.29 is 0 Å². The third kappa shape index (κ3) is 6.10. The predicted molar refractivity (Wildman–Crippen MR) is 152 cm³/mol. The molecule has 2 heteroatoms. The van der Waals surface area contributed by atoms with Gasteiger partial charge in [0.15, 0.2) is 0 Å². The van der Waals surface area contributed by atoms with Crippen LogP contribution in [0.1, 0.15) is 95.2 Å². The highest BCUT2D eigenvalue weighted by Crippen LogP contribution is 2.35. The molecule has 0 saturated carbocycles. The average molecular weight is 467 g/mol. The Morgan fingerprint density at radius 3 is 1.94 bits per heavy atom. The monoisotopic (exact) mass is 466 g/mol. The summed E-state index contributed by atoms with van der Waals surface area (Å²) in [6.07, 6.45) is 14.6. The van der Waals surface area contributed by atoms with Gasteiger partial charge < -0.3 is 0 Å². The number of rotatable bonds is 13. The van der Waals surface area contributed by atoms with E-state index in [9.17, 15) is 0 Å². The van der Waals surface area contributed by atoms with Gasteiger partial charge in [-0.15, -0.1) is 0 Å². The van der Waals surface area contributed by atoms with E-state index >= 15 is 0 Å². The van der Waals surface area contributed by atoms with E-state index in [-0.39, 0.29) is 0 Å². The molecule has 0 saturated heterocycles. The molecular weight excluding hydrogens is 424 g/mol. The summed E-state index contributed by atoms with van der Waals surface area (Å²) in [6, 6.07) is 19.6. The van der Waals surface area contributed by atoms with Crippen LogP contribution < -0.4 is 0 Å². The Bertz CT molecular complexity index is 1240. The Hall–Kier alpha value is -2.74. The molecule has 0 bridgehead atoms. The Balaban J connectivity index is 1.91. The first-order valence-corrected chi connectivity index (χ1v) is 14.1. The average Bonchev–Trinajstić information content (AvgIpc) is 2.89. The number of benzene rings is 2. The van der Waals surface area contributed by atoms with Crippen molar-refractivity contribution in [1.29, 1.82) is 0 Å². The van der Waals surface area contributed by atoms with Crippen molar-refractivity contribution in [3.8, 4) is 11.4 Å². The molecule has 2 heterocycles. The summed E-state index contributed by atoms with van der Waals surface area (Å²) in [4.78, 5) is 10.4. The quantitative estimate of drug-likeness (QED) is 0.183. The second-order valence-corrected chi connectivity index (χ2v) is 9.99. The van der Waals surface area contributed by atoms with E-state index in [4.69, 9.17) is 9.97 Å². The number of hydrogen-bond acceptors (Lipinski definition) is 2. The minimum atomic E-state index is 1.02. The van der Waals surface area contributed by atoms with Gasteiger partial charge in [0.1, 0.15) is 0 Å². The maximum absolute atomic E-state index is 5.35. The minimum Gasteiger partial charge on any atom is -0.246 e. The number of hydrogen-bond donors (Lipinski definition) is 0. The second kappa shape index (κ2) is 12.8. The van der Waals surface area contributed by atoms with Gasteiger partial charge in [-0.25, -0.2) is 9.97 Å². The Morgan fingerprint density at radius 2 is 1.20 bits per heavy atom. The van der Waals surface area contributed by atoms with E-state index < -0.39 is 0 Å². The summed E-state index contributed by atoms with van der Waals surface area (Å²) in [5.41, 5.74) is 8.82. The molecule has 4 rings (SSSR count). The normalized spacial score (nSPS) is 11.5. The summed E-state index contributed by atoms with van der Waals surface area (Å²) < 4.78 is 0. The van der Waals surface area contributed by atoms with Crippen molar-refractivity contribution in [3.05, 3.63) is 71.3 Å². The number of nitrogens with zero attached hydrogens (tertiary/aromatic N) is 2. The van der Waals surface area contributed by atoms with E-state index in [0.717, 1.165) is 41.7 Å². The van der Waals surface area contributed by atoms with Crippen molar-refractivity contribution in [2.24, 2.45) is 0 Å². The largest absolute Gasteiger partial charge is 0.246 e. The maximum atomic E-state index is 5.35. The van der Waals surface area contributed by atoms with Gasteiger partial charge in [0.2, 0.25) is 0 Å². The lowest BCUT2D eigenvalue weighted by molar-refractivity contribution is 0.693. The third-order valence-electron chi connectivity index (χ3n) is 7.26. The van der Waals surface area contributed by atoms with Crippen LogP contribution in [0.3, 0.4) is 0 Å². The summed E-state index contributed by atoms with van der Waals surface area (Å²) in [5.74, 6) is 0. The van der Waals surface area contributed by atoms with E-state index in [0.29, 0.717) is 0 Å². The van der Waals surface area contributed by atoms with Crippen LogP contribution in [0.2, 0.25) is 0 Å². The van der Waals surface area contributed by atoms with Crippen LogP contribution in [0.4, 0.5) is 0 Å². The smallest absolute Gasteiger partial charge is 0.0928 e. The van der Waals surface area contributed by atoms with Crippen LogP contribution in [0.25, 0.3) is 33.2 Å². The number of unbranched alkanes of at least 4 members (excludes halogenated alkanes) is 6. The molecule has 0 unspecified atom stereocenters. The number of aromatic nitrogens is 2. The lowest BCUT2D eigenvalue weighted by Gasteiger charge is -2.20. The summed E-state index contributed by atoms with van der Waals surface area (Å²) in [7, 11) is 0. The fraction of sp³-hybridized carbons (Fsp3) is 0.455. The highest BCUT2D eigenvalue weighted by molar-refractivity contribution is 5.90. The predicted octanol–water partition coefficient (Wildman–Crippen LogP) is 9.65. The van der Waals surface area contributed by atoms with Crippen LogP contribution in [0.5, 0.6) is 0 Å². The third-order valence-corrected chi connectivity index (χ3v) is 7.26. The van der Waals surface area contributed by atoms with Crippen LogP contribution in [0.15, 0.2) is 54.6 Å². The van der Waals surface area contributed by atoms with E-state index in [1.54, 1.807) is 5.56 Å². The van der Waals surface area contributed by atoms with Gasteiger partial charge in [-0.2, -0.15) is 0 Å². The molecule has 0 spiro atoms. The van der Waals surface area contributed by atoms with Crippen LogP contribution in [-0.4, -0.2) is 9.97 Å². The Labute approximate surface area is 212 Å². The molecule has 0 aliphatic rings. The summed E-state index contributed by atoms with van der Waals surface area (Å²) in [5, 5.41) is 2.63. The van der Waals surface area contributed by atoms with Crippen LogP contribution in [-0.2, 0) is 19.3 Å². The highest BCUT2D eigenvalue weighted by Gasteiger charge is 2.19. The zero-order valence-electron chi connectivity index (χ0n) is 22.1. The Kier molecular flexibility index (Phi) is 9.28. The number of fused-ring (bicyclic) bond motifs is 2. The summed E-state index contributed by atoms with van der Waals surface area (Å²) in [6.45, 7) is 6.88. The number of para-hydroxylation sites is 1.